The van der Waals surface area contributed by atoms with Gasteiger partial charge in [0.05, 0.1) is 15.8 Å². The highest BCUT2D eigenvalue weighted by molar-refractivity contribution is 7.17. The second-order valence-corrected chi connectivity index (χ2v) is 4.84. The first-order chi connectivity index (χ1) is 9.18. The molecule has 0 aliphatic rings. The Morgan fingerprint density at radius 1 is 1.21 bits per heavy atom. The van der Waals surface area contributed by atoms with Crippen molar-refractivity contribution in [2.45, 2.75) is 0 Å². The summed E-state index contributed by atoms with van der Waals surface area (Å²) in [6, 6.07) is 10.6. The second kappa shape index (κ2) is 4.33. The standard InChI is InChI=1S/C13H9N3O2S/c14-12(17)10-11-9(6-7-19-11)13(18)16(15-10)8-4-2-1-3-5-8/h1-7H,(H2,14,17). The number of aromatic nitrogens is 2. The van der Waals surface area contributed by atoms with E-state index < -0.39 is 5.91 Å². The Bertz CT molecular complexity index is 821. The van der Waals surface area contributed by atoms with Crippen LogP contribution in [-0.2, 0) is 0 Å². The van der Waals surface area contributed by atoms with Crippen LogP contribution < -0.4 is 11.3 Å². The van der Waals surface area contributed by atoms with E-state index in [2.05, 4.69) is 5.10 Å². The summed E-state index contributed by atoms with van der Waals surface area (Å²) in [4.78, 5) is 23.8. The minimum atomic E-state index is -0.642. The van der Waals surface area contributed by atoms with Gasteiger partial charge in [-0.25, -0.2) is 0 Å². The van der Waals surface area contributed by atoms with Crippen molar-refractivity contribution in [3.63, 3.8) is 0 Å². The molecule has 6 heteroatoms. The number of para-hydroxylation sites is 1. The van der Waals surface area contributed by atoms with Gasteiger partial charge in [0, 0.05) is 0 Å². The number of benzene rings is 1. The molecule has 2 aromatic heterocycles. The van der Waals surface area contributed by atoms with Gasteiger partial charge < -0.3 is 5.73 Å². The van der Waals surface area contributed by atoms with Crippen molar-refractivity contribution in [1.82, 2.24) is 9.78 Å². The van der Waals surface area contributed by atoms with E-state index >= 15 is 0 Å². The van der Waals surface area contributed by atoms with Crippen molar-refractivity contribution in [2.24, 2.45) is 5.73 Å². The molecule has 1 amide bonds. The maximum absolute atomic E-state index is 12.3. The van der Waals surface area contributed by atoms with Crippen LogP contribution in [0.15, 0.2) is 46.6 Å². The van der Waals surface area contributed by atoms with Crippen LogP contribution in [-0.4, -0.2) is 15.7 Å². The van der Waals surface area contributed by atoms with E-state index in [1.165, 1.54) is 16.0 Å². The molecule has 0 saturated heterocycles. The van der Waals surface area contributed by atoms with Gasteiger partial charge in [-0.3, -0.25) is 9.59 Å². The molecular weight excluding hydrogens is 262 g/mol. The SMILES string of the molecule is NC(=O)c1nn(-c2ccccc2)c(=O)c2ccsc12. The highest BCUT2D eigenvalue weighted by Gasteiger charge is 2.16. The van der Waals surface area contributed by atoms with E-state index in [-0.39, 0.29) is 11.3 Å². The Balaban J connectivity index is 2.41. The molecule has 0 fully saturated rings. The zero-order chi connectivity index (χ0) is 13.4. The first-order valence-corrected chi connectivity index (χ1v) is 6.42. The van der Waals surface area contributed by atoms with Crippen molar-refractivity contribution >= 4 is 27.3 Å². The fraction of sp³-hybridized carbons (Fsp3) is 0. The zero-order valence-corrected chi connectivity index (χ0v) is 10.6. The number of rotatable bonds is 2. The molecule has 94 valence electrons. The maximum Gasteiger partial charge on any atom is 0.280 e. The molecule has 5 nitrogen and oxygen atoms in total. The van der Waals surface area contributed by atoms with E-state index in [9.17, 15) is 9.59 Å². The number of fused-ring (bicyclic) bond motifs is 1. The van der Waals surface area contributed by atoms with Gasteiger partial charge >= 0.3 is 0 Å². The topological polar surface area (TPSA) is 78.0 Å². The van der Waals surface area contributed by atoms with Gasteiger partial charge in [0.2, 0.25) is 0 Å². The van der Waals surface area contributed by atoms with Gasteiger partial charge in [0.25, 0.3) is 11.5 Å². The van der Waals surface area contributed by atoms with E-state index in [1.807, 2.05) is 6.07 Å². The fourth-order valence-corrected chi connectivity index (χ4v) is 2.75. The molecule has 19 heavy (non-hydrogen) atoms. The average Bonchev–Trinajstić information content (AvgIpc) is 2.89. The first kappa shape index (κ1) is 11.6. The molecule has 0 atom stereocenters. The van der Waals surface area contributed by atoms with Crippen molar-refractivity contribution < 1.29 is 4.79 Å². The minimum Gasteiger partial charge on any atom is -0.364 e. The van der Waals surface area contributed by atoms with Crippen molar-refractivity contribution in [3.05, 3.63) is 57.8 Å². The van der Waals surface area contributed by atoms with Crippen LogP contribution in [0.5, 0.6) is 0 Å². The lowest BCUT2D eigenvalue weighted by molar-refractivity contribution is 0.0996. The normalized spacial score (nSPS) is 10.7. The number of carbonyl (C=O) groups is 1. The second-order valence-electron chi connectivity index (χ2n) is 3.93. The molecule has 0 saturated carbocycles. The van der Waals surface area contributed by atoms with E-state index in [0.29, 0.717) is 15.8 Å². The summed E-state index contributed by atoms with van der Waals surface area (Å²) < 4.78 is 1.74. The summed E-state index contributed by atoms with van der Waals surface area (Å²) in [5.41, 5.74) is 5.79. The number of hydrogen-bond donors (Lipinski definition) is 1. The number of hydrogen-bond acceptors (Lipinski definition) is 4. The summed E-state index contributed by atoms with van der Waals surface area (Å²) in [5, 5.41) is 6.28. The maximum atomic E-state index is 12.3. The molecule has 0 spiro atoms. The molecule has 0 bridgehead atoms. The number of nitrogens with two attached hydrogens (primary N) is 1. The number of thiophene rings is 1. The summed E-state index contributed by atoms with van der Waals surface area (Å²) in [7, 11) is 0. The number of nitrogens with zero attached hydrogens (tertiary/aromatic N) is 2. The predicted molar refractivity (Wildman–Crippen MR) is 73.7 cm³/mol. The minimum absolute atomic E-state index is 0.119. The van der Waals surface area contributed by atoms with Crippen LogP contribution in [0.4, 0.5) is 0 Å². The number of carbonyl (C=O) groups excluding carboxylic acids is 1. The lowest BCUT2D eigenvalue weighted by Crippen LogP contribution is -2.25. The van der Waals surface area contributed by atoms with E-state index in [0.717, 1.165) is 0 Å². The molecule has 3 aromatic rings. The van der Waals surface area contributed by atoms with Crippen LogP contribution in [0.25, 0.3) is 15.8 Å². The van der Waals surface area contributed by atoms with Gasteiger partial charge in [0.15, 0.2) is 5.69 Å². The lowest BCUT2D eigenvalue weighted by Gasteiger charge is -2.06. The fourth-order valence-electron chi connectivity index (χ4n) is 1.87. The van der Waals surface area contributed by atoms with Crippen LogP contribution in [0.3, 0.4) is 0 Å². The van der Waals surface area contributed by atoms with Gasteiger partial charge in [-0.2, -0.15) is 9.78 Å². The van der Waals surface area contributed by atoms with Gasteiger partial charge in [-0.1, -0.05) is 18.2 Å². The summed E-state index contributed by atoms with van der Waals surface area (Å²) >= 11 is 1.28. The van der Waals surface area contributed by atoms with Crippen molar-refractivity contribution in [2.75, 3.05) is 0 Å². The van der Waals surface area contributed by atoms with Crippen molar-refractivity contribution in [1.29, 1.82) is 0 Å². The Kier molecular flexibility index (Phi) is 2.64. The Hall–Kier alpha value is -2.47. The molecule has 2 heterocycles. The molecule has 0 aliphatic carbocycles. The largest absolute Gasteiger partial charge is 0.364 e. The third-order valence-electron chi connectivity index (χ3n) is 2.74. The average molecular weight is 271 g/mol. The highest BCUT2D eigenvalue weighted by Crippen LogP contribution is 2.20. The first-order valence-electron chi connectivity index (χ1n) is 5.54. The summed E-state index contributed by atoms with van der Waals surface area (Å²) in [5.74, 6) is -0.642. The summed E-state index contributed by atoms with van der Waals surface area (Å²) in [6.45, 7) is 0. The molecule has 0 unspecified atom stereocenters. The molecule has 3 rings (SSSR count). The smallest absolute Gasteiger partial charge is 0.280 e. The zero-order valence-electron chi connectivity index (χ0n) is 9.74. The van der Waals surface area contributed by atoms with E-state index in [4.69, 9.17) is 5.73 Å². The van der Waals surface area contributed by atoms with Crippen LogP contribution >= 0.6 is 11.3 Å². The molecule has 0 radical (unpaired) electrons. The van der Waals surface area contributed by atoms with Crippen LogP contribution in [0.1, 0.15) is 10.5 Å². The van der Waals surface area contributed by atoms with Gasteiger partial charge in [0.1, 0.15) is 0 Å². The Morgan fingerprint density at radius 2 is 1.95 bits per heavy atom. The lowest BCUT2D eigenvalue weighted by atomic mass is 10.2. The van der Waals surface area contributed by atoms with Gasteiger partial charge in [-0.15, -0.1) is 11.3 Å². The third kappa shape index (κ3) is 1.82. The van der Waals surface area contributed by atoms with E-state index in [1.54, 1.807) is 35.7 Å². The summed E-state index contributed by atoms with van der Waals surface area (Å²) in [6.07, 6.45) is 0. The third-order valence-corrected chi connectivity index (χ3v) is 3.66. The molecule has 0 aliphatic heterocycles. The monoisotopic (exact) mass is 271 g/mol. The predicted octanol–water partition coefficient (Wildman–Crippen LogP) is 1.55. The van der Waals surface area contributed by atoms with Gasteiger partial charge in [-0.05, 0) is 23.6 Å². The Morgan fingerprint density at radius 3 is 2.63 bits per heavy atom. The number of amides is 1. The highest BCUT2D eigenvalue weighted by atomic mass is 32.1. The Labute approximate surface area is 111 Å². The number of primary amides is 1. The van der Waals surface area contributed by atoms with Crippen LogP contribution in [0.2, 0.25) is 0 Å². The van der Waals surface area contributed by atoms with Crippen molar-refractivity contribution in [3.8, 4) is 5.69 Å². The molecule has 2 N–H and O–H groups in total. The van der Waals surface area contributed by atoms with Crippen LogP contribution in [0, 0.1) is 0 Å². The molecular formula is C13H9N3O2S. The quantitative estimate of drug-likeness (QED) is 0.768. The molecule has 1 aromatic carbocycles.